The summed E-state index contributed by atoms with van der Waals surface area (Å²) in [4.78, 5) is 0. The number of aliphatic hydroxyl groups excluding tert-OH is 2. The summed E-state index contributed by atoms with van der Waals surface area (Å²) in [7, 11) is 0. The van der Waals surface area contributed by atoms with Crippen LogP contribution in [0.3, 0.4) is 0 Å². The maximum Gasteiger partial charge on any atom is 0.128 e. The molecule has 21 heavy (non-hydrogen) atoms. The van der Waals surface area contributed by atoms with E-state index in [0.717, 1.165) is 10.9 Å². The third kappa shape index (κ3) is 2.44. The van der Waals surface area contributed by atoms with Crippen LogP contribution < -0.4 is 0 Å². The van der Waals surface area contributed by atoms with Crippen molar-refractivity contribution in [3.63, 3.8) is 0 Å². The highest BCUT2D eigenvalue weighted by molar-refractivity contribution is 5.80. The molecule has 0 aliphatic rings. The van der Waals surface area contributed by atoms with E-state index < -0.39 is 24.6 Å². The summed E-state index contributed by atoms with van der Waals surface area (Å²) in [5, 5.41) is 20.5. The van der Waals surface area contributed by atoms with Crippen molar-refractivity contribution in [1.29, 1.82) is 0 Å². The van der Waals surface area contributed by atoms with E-state index in [1.807, 2.05) is 30.3 Å². The van der Waals surface area contributed by atoms with Gasteiger partial charge in [-0.1, -0.05) is 36.4 Å². The van der Waals surface area contributed by atoms with Crippen molar-refractivity contribution in [2.75, 3.05) is 6.61 Å². The second-order valence-electron chi connectivity index (χ2n) is 5.00. The zero-order valence-electron chi connectivity index (χ0n) is 11.4. The van der Waals surface area contributed by atoms with Gasteiger partial charge in [-0.25, -0.2) is 4.39 Å². The molecule has 1 heterocycles. The Morgan fingerprint density at radius 1 is 1.00 bits per heavy atom. The van der Waals surface area contributed by atoms with Crippen molar-refractivity contribution in [3.05, 3.63) is 72.2 Å². The quantitative estimate of drug-likeness (QED) is 0.774. The zero-order valence-corrected chi connectivity index (χ0v) is 11.4. The molecule has 2 N–H and O–H groups in total. The first-order valence-corrected chi connectivity index (χ1v) is 6.81. The van der Waals surface area contributed by atoms with Crippen LogP contribution in [-0.4, -0.2) is 27.5 Å². The van der Waals surface area contributed by atoms with Crippen LogP contribution in [0.15, 0.2) is 60.8 Å². The van der Waals surface area contributed by atoms with Crippen LogP contribution in [0.1, 0.15) is 11.6 Å². The highest BCUT2D eigenvalue weighted by Crippen LogP contribution is 2.29. The van der Waals surface area contributed by atoms with E-state index in [1.54, 1.807) is 29.0 Å². The van der Waals surface area contributed by atoms with Gasteiger partial charge < -0.3 is 14.8 Å². The molecule has 0 bridgehead atoms. The number of halogens is 1. The molecular formula is C17H16FNO2. The third-order valence-electron chi connectivity index (χ3n) is 3.70. The predicted octanol–water partition coefficient (Wildman–Crippen LogP) is 2.72. The number of para-hydroxylation sites is 1. The molecule has 0 aliphatic heterocycles. The van der Waals surface area contributed by atoms with Gasteiger partial charge in [0.1, 0.15) is 11.9 Å². The first-order chi connectivity index (χ1) is 10.2. The topological polar surface area (TPSA) is 45.4 Å². The van der Waals surface area contributed by atoms with Gasteiger partial charge in [-0.15, -0.1) is 0 Å². The molecule has 1 aromatic heterocycles. The van der Waals surface area contributed by atoms with E-state index in [2.05, 4.69) is 0 Å². The molecule has 3 nitrogen and oxygen atoms in total. The Morgan fingerprint density at radius 3 is 2.48 bits per heavy atom. The number of rotatable bonds is 4. The van der Waals surface area contributed by atoms with Gasteiger partial charge >= 0.3 is 0 Å². The van der Waals surface area contributed by atoms with Crippen molar-refractivity contribution >= 4 is 10.9 Å². The Hall–Kier alpha value is -2.17. The summed E-state index contributed by atoms with van der Waals surface area (Å²) < 4.78 is 15.9. The Kier molecular flexibility index (Phi) is 3.73. The van der Waals surface area contributed by atoms with Gasteiger partial charge in [0.15, 0.2) is 0 Å². The van der Waals surface area contributed by atoms with E-state index in [9.17, 15) is 14.6 Å². The highest BCUT2D eigenvalue weighted by atomic mass is 19.1. The summed E-state index contributed by atoms with van der Waals surface area (Å²) in [6.45, 7) is -0.439. The standard InChI is InChI=1S/C17H16FNO2/c18-14-7-3-2-6-13(14)17(16(21)11-20)19-10-9-12-5-1-4-8-15(12)19/h1-10,16-17,20-21H,11H2/t16-,17+/m1/s1. The molecule has 0 fully saturated rings. The number of hydrogen-bond donors (Lipinski definition) is 2. The Bertz CT molecular complexity index is 753. The fraction of sp³-hybridized carbons (Fsp3) is 0.176. The monoisotopic (exact) mass is 285 g/mol. The molecule has 3 aromatic rings. The number of hydrogen-bond acceptors (Lipinski definition) is 2. The number of nitrogens with zero attached hydrogens (tertiary/aromatic N) is 1. The lowest BCUT2D eigenvalue weighted by Crippen LogP contribution is -2.28. The van der Waals surface area contributed by atoms with Gasteiger partial charge in [-0.3, -0.25) is 0 Å². The summed E-state index contributed by atoms with van der Waals surface area (Å²) in [6.07, 6.45) is 0.721. The van der Waals surface area contributed by atoms with E-state index in [0.29, 0.717) is 5.56 Å². The normalized spacial score (nSPS) is 14.2. The molecule has 0 amide bonds. The number of aromatic nitrogens is 1. The van der Waals surface area contributed by atoms with Gasteiger partial charge in [0.25, 0.3) is 0 Å². The van der Waals surface area contributed by atoms with Crippen LogP contribution >= 0.6 is 0 Å². The number of aliphatic hydroxyl groups is 2. The lowest BCUT2D eigenvalue weighted by Gasteiger charge is -2.25. The molecule has 0 saturated heterocycles. The van der Waals surface area contributed by atoms with Crippen molar-refractivity contribution in [1.82, 2.24) is 4.57 Å². The van der Waals surface area contributed by atoms with Crippen LogP contribution in [-0.2, 0) is 0 Å². The van der Waals surface area contributed by atoms with Gasteiger partial charge in [0.2, 0.25) is 0 Å². The van der Waals surface area contributed by atoms with Crippen LogP contribution in [0.5, 0.6) is 0 Å². The van der Waals surface area contributed by atoms with E-state index in [4.69, 9.17) is 0 Å². The maximum atomic E-state index is 14.1. The molecule has 2 aromatic carbocycles. The average molecular weight is 285 g/mol. The van der Waals surface area contributed by atoms with Crippen LogP contribution in [0.4, 0.5) is 4.39 Å². The minimum absolute atomic E-state index is 0.361. The first-order valence-electron chi connectivity index (χ1n) is 6.81. The van der Waals surface area contributed by atoms with Gasteiger partial charge in [-0.2, -0.15) is 0 Å². The van der Waals surface area contributed by atoms with Gasteiger partial charge in [-0.05, 0) is 23.6 Å². The Balaban J connectivity index is 2.19. The maximum absolute atomic E-state index is 14.1. The van der Waals surface area contributed by atoms with Crippen molar-refractivity contribution < 1.29 is 14.6 Å². The fourth-order valence-corrected chi connectivity index (χ4v) is 2.70. The minimum atomic E-state index is -1.09. The Labute approximate surface area is 121 Å². The fourth-order valence-electron chi connectivity index (χ4n) is 2.70. The average Bonchev–Trinajstić information content (AvgIpc) is 2.93. The predicted molar refractivity (Wildman–Crippen MR) is 79.6 cm³/mol. The largest absolute Gasteiger partial charge is 0.394 e. The second-order valence-corrected chi connectivity index (χ2v) is 5.00. The van der Waals surface area contributed by atoms with E-state index in [-0.39, 0.29) is 0 Å². The molecule has 0 aliphatic carbocycles. The highest BCUT2D eigenvalue weighted by Gasteiger charge is 2.25. The summed E-state index contributed by atoms with van der Waals surface area (Å²) in [6, 6.07) is 15.2. The second kappa shape index (κ2) is 5.68. The molecule has 2 atom stereocenters. The molecule has 0 saturated carbocycles. The minimum Gasteiger partial charge on any atom is -0.394 e. The zero-order chi connectivity index (χ0) is 14.8. The first kappa shape index (κ1) is 13.8. The molecule has 0 unspecified atom stereocenters. The molecule has 4 heteroatoms. The van der Waals surface area contributed by atoms with Gasteiger partial charge in [0.05, 0.1) is 12.6 Å². The molecule has 0 radical (unpaired) electrons. The van der Waals surface area contributed by atoms with Crippen molar-refractivity contribution in [3.8, 4) is 0 Å². The SMILES string of the molecule is OC[C@@H](O)[C@H](c1ccccc1F)n1ccc2ccccc21. The smallest absolute Gasteiger partial charge is 0.128 e. The number of benzene rings is 2. The van der Waals surface area contributed by atoms with Crippen molar-refractivity contribution in [2.24, 2.45) is 0 Å². The van der Waals surface area contributed by atoms with Crippen molar-refractivity contribution in [2.45, 2.75) is 12.1 Å². The van der Waals surface area contributed by atoms with E-state index >= 15 is 0 Å². The molecule has 108 valence electrons. The molecular weight excluding hydrogens is 269 g/mol. The van der Waals surface area contributed by atoms with Crippen LogP contribution in [0.25, 0.3) is 10.9 Å². The molecule has 3 rings (SSSR count). The van der Waals surface area contributed by atoms with Crippen LogP contribution in [0, 0.1) is 5.82 Å². The van der Waals surface area contributed by atoms with Crippen LogP contribution in [0.2, 0.25) is 0 Å². The van der Waals surface area contributed by atoms with E-state index in [1.165, 1.54) is 6.07 Å². The molecule has 0 spiro atoms. The summed E-state index contributed by atoms with van der Waals surface area (Å²) in [5.74, 6) is -0.396. The lowest BCUT2D eigenvalue weighted by molar-refractivity contribution is 0.0643. The summed E-state index contributed by atoms with van der Waals surface area (Å²) in [5.41, 5.74) is 1.25. The summed E-state index contributed by atoms with van der Waals surface area (Å²) >= 11 is 0. The Morgan fingerprint density at radius 2 is 1.71 bits per heavy atom. The number of fused-ring (bicyclic) bond motifs is 1. The van der Waals surface area contributed by atoms with Gasteiger partial charge in [0, 0.05) is 17.3 Å². The third-order valence-corrected chi connectivity index (χ3v) is 3.70. The lowest BCUT2D eigenvalue weighted by atomic mass is 10.0.